The number of amides is 6. The molecule has 0 spiro atoms. The van der Waals surface area contributed by atoms with E-state index < -0.39 is 36.3 Å². The summed E-state index contributed by atoms with van der Waals surface area (Å²) in [5.41, 5.74) is 47.0. The Labute approximate surface area is 389 Å². The van der Waals surface area contributed by atoms with Gasteiger partial charge in [0.15, 0.2) is 0 Å². The average molecular weight is 928 g/mol. The topological polar surface area (TPSA) is 386 Å². The quantitative estimate of drug-likeness (QED) is 0.0286. The van der Waals surface area contributed by atoms with E-state index >= 15 is 0 Å². The SMILES string of the molecule is CCN(CCCNC(=O)[C@@H](N)CCCCNC(=O)[C@@H](N)CCCCNC(=O)[C@@H](N)CCCCN)CCCNC(=O)[C@@H](N)CCCCNC(=O)[C@@H](N)CCCCNC(=O)[C@@H](N)CCCCN. The van der Waals surface area contributed by atoms with Gasteiger partial charge in [-0.15, -0.1) is 0 Å². The molecule has 0 aliphatic carbocycles. The molecule has 21 heteroatoms. The Morgan fingerprint density at radius 1 is 0.338 bits per heavy atom. The molecule has 21 nitrogen and oxygen atoms in total. The normalized spacial score (nSPS) is 14.1. The number of unbranched alkanes of at least 4 members (excludes halogenated alkanes) is 6. The van der Waals surface area contributed by atoms with Gasteiger partial charge in [-0.05, 0) is 148 Å². The van der Waals surface area contributed by atoms with Gasteiger partial charge in [0.05, 0.1) is 36.3 Å². The van der Waals surface area contributed by atoms with Crippen molar-refractivity contribution in [3.05, 3.63) is 0 Å². The van der Waals surface area contributed by atoms with E-state index in [4.69, 9.17) is 45.9 Å². The fourth-order valence-electron chi connectivity index (χ4n) is 6.85. The van der Waals surface area contributed by atoms with Gasteiger partial charge in [0.1, 0.15) is 0 Å². The van der Waals surface area contributed by atoms with Crippen LogP contribution in [0.1, 0.15) is 135 Å². The molecule has 0 heterocycles. The molecule has 0 aliphatic heterocycles. The number of rotatable bonds is 43. The standard InChI is InChI=1S/C44H93N15O6/c1-2-59(31-15-29-57-43(64)37(51)21-7-13-27-55-41(62)35(49)19-5-11-25-53-39(60)33(47)17-3-9-23-45)32-16-30-58-44(65)38(52)22-8-14-28-56-42(63)36(50)20-6-12-26-54-40(61)34(48)18-4-10-24-46/h33-38H,2-32,45-52H2,1H3,(H,53,60)(H,54,61)(H,55,62)(H,56,63)(H,57,64)(H,58,65)/t33-,34-,35-,36-,37-,38-/m0/s1. The summed E-state index contributed by atoms with van der Waals surface area (Å²) in [5, 5.41) is 17.2. The van der Waals surface area contributed by atoms with Crippen LogP contribution < -0.4 is 77.8 Å². The van der Waals surface area contributed by atoms with Crippen molar-refractivity contribution in [2.45, 2.75) is 172 Å². The first-order valence-corrected chi connectivity index (χ1v) is 24.5. The summed E-state index contributed by atoms with van der Waals surface area (Å²) >= 11 is 0. The summed E-state index contributed by atoms with van der Waals surface area (Å²) in [4.78, 5) is 76.0. The molecule has 0 unspecified atom stereocenters. The maximum absolute atomic E-state index is 12.5. The number of nitrogens with one attached hydrogen (secondary N) is 6. The number of hydrogen-bond acceptors (Lipinski definition) is 15. The zero-order valence-corrected chi connectivity index (χ0v) is 39.9. The molecule has 0 aliphatic rings. The Morgan fingerprint density at radius 2 is 0.538 bits per heavy atom. The van der Waals surface area contributed by atoms with Gasteiger partial charge in [-0.25, -0.2) is 0 Å². The van der Waals surface area contributed by atoms with Crippen molar-refractivity contribution in [3.63, 3.8) is 0 Å². The lowest BCUT2D eigenvalue weighted by Gasteiger charge is -2.21. The lowest BCUT2D eigenvalue weighted by atomic mass is 10.1. The van der Waals surface area contributed by atoms with Crippen molar-refractivity contribution < 1.29 is 28.8 Å². The third kappa shape index (κ3) is 33.6. The second-order valence-electron chi connectivity index (χ2n) is 17.1. The third-order valence-electron chi connectivity index (χ3n) is 11.3. The molecule has 6 atom stereocenters. The molecule has 22 N–H and O–H groups in total. The Bertz CT molecular complexity index is 1190. The molecule has 0 rings (SSSR count). The van der Waals surface area contributed by atoms with Crippen molar-refractivity contribution in [2.75, 3.05) is 72.0 Å². The third-order valence-corrected chi connectivity index (χ3v) is 11.3. The van der Waals surface area contributed by atoms with Gasteiger partial charge >= 0.3 is 0 Å². The Kier molecular flexibility index (Phi) is 38.5. The fourth-order valence-corrected chi connectivity index (χ4v) is 6.85. The molecule has 6 amide bonds. The molecule has 0 aromatic rings. The maximum atomic E-state index is 12.5. The number of carbonyl (C=O) groups is 6. The van der Waals surface area contributed by atoms with Gasteiger partial charge in [0, 0.05) is 39.3 Å². The van der Waals surface area contributed by atoms with Crippen LogP contribution in [0, 0.1) is 0 Å². The van der Waals surface area contributed by atoms with E-state index in [1.807, 2.05) is 0 Å². The van der Waals surface area contributed by atoms with E-state index in [0.29, 0.717) is 142 Å². The zero-order chi connectivity index (χ0) is 48.7. The van der Waals surface area contributed by atoms with Crippen LogP contribution in [0.4, 0.5) is 0 Å². The molecule has 0 aromatic carbocycles. The van der Waals surface area contributed by atoms with E-state index in [1.165, 1.54) is 0 Å². The van der Waals surface area contributed by atoms with Gasteiger partial charge in [0.25, 0.3) is 0 Å². The molecule has 0 bridgehead atoms. The van der Waals surface area contributed by atoms with Crippen LogP contribution in [-0.2, 0) is 28.8 Å². The summed E-state index contributed by atoms with van der Waals surface area (Å²) in [6.45, 7) is 8.52. The predicted octanol–water partition coefficient (Wildman–Crippen LogP) is -2.31. The minimum atomic E-state index is -0.631. The summed E-state index contributed by atoms with van der Waals surface area (Å²) in [5.74, 6) is -1.19. The molecule has 0 saturated heterocycles. The molecule has 65 heavy (non-hydrogen) atoms. The van der Waals surface area contributed by atoms with Crippen LogP contribution in [0.2, 0.25) is 0 Å². The first kappa shape index (κ1) is 61.5. The van der Waals surface area contributed by atoms with E-state index in [1.54, 1.807) is 0 Å². The summed E-state index contributed by atoms with van der Waals surface area (Å²) in [6, 6.07) is -3.59. The van der Waals surface area contributed by atoms with Crippen LogP contribution in [0.15, 0.2) is 0 Å². The largest absolute Gasteiger partial charge is 0.355 e. The van der Waals surface area contributed by atoms with Gasteiger partial charge < -0.3 is 82.7 Å². The summed E-state index contributed by atoms with van der Waals surface area (Å²) in [7, 11) is 0. The second-order valence-corrected chi connectivity index (χ2v) is 17.1. The predicted molar refractivity (Wildman–Crippen MR) is 258 cm³/mol. The molecule has 0 saturated carbocycles. The van der Waals surface area contributed by atoms with Crippen LogP contribution in [0.25, 0.3) is 0 Å². The summed E-state index contributed by atoms with van der Waals surface area (Å²) in [6.07, 6.45) is 13.6. The Hall–Kier alpha value is -3.54. The lowest BCUT2D eigenvalue weighted by molar-refractivity contribution is -0.123. The lowest BCUT2D eigenvalue weighted by Crippen LogP contribution is -2.42. The Morgan fingerprint density at radius 3 is 0.738 bits per heavy atom. The van der Waals surface area contributed by atoms with E-state index in [-0.39, 0.29) is 35.4 Å². The first-order valence-electron chi connectivity index (χ1n) is 24.5. The number of nitrogens with two attached hydrogens (primary N) is 8. The highest BCUT2D eigenvalue weighted by molar-refractivity contribution is 5.83. The van der Waals surface area contributed by atoms with Crippen molar-refractivity contribution in [1.29, 1.82) is 0 Å². The second kappa shape index (κ2) is 40.7. The summed E-state index contributed by atoms with van der Waals surface area (Å²) < 4.78 is 0. The van der Waals surface area contributed by atoms with Gasteiger partial charge in [0.2, 0.25) is 35.4 Å². The highest BCUT2D eigenvalue weighted by Gasteiger charge is 2.18. The minimum absolute atomic E-state index is 0.174. The highest BCUT2D eigenvalue weighted by Crippen LogP contribution is 2.05. The zero-order valence-electron chi connectivity index (χ0n) is 39.9. The maximum Gasteiger partial charge on any atom is 0.236 e. The molecule has 0 fully saturated rings. The van der Waals surface area contributed by atoms with Crippen molar-refractivity contribution in [1.82, 2.24) is 36.8 Å². The first-order chi connectivity index (χ1) is 31.2. The van der Waals surface area contributed by atoms with Gasteiger partial charge in [-0.1, -0.05) is 19.8 Å². The Balaban J connectivity index is 3.95. The van der Waals surface area contributed by atoms with E-state index in [9.17, 15) is 28.8 Å². The molecule has 0 radical (unpaired) electrons. The van der Waals surface area contributed by atoms with Crippen LogP contribution in [0.3, 0.4) is 0 Å². The monoisotopic (exact) mass is 928 g/mol. The van der Waals surface area contributed by atoms with Crippen molar-refractivity contribution >= 4 is 35.4 Å². The number of carbonyl (C=O) groups excluding carboxylic acids is 6. The van der Waals surface area contributed by atoms with Crippen molar-refractivity contribution in [3.8, 4) is 0 Å². The number of nitrogens with zero attached hydrogens (tertiary/aromatic N) is 1. The van der Waals surface area contributed by atoms with Gasteiger partial charge in [-0.2, -0.15) is 0 Å². The minimum Gasteiger partial charge on any atom is -0.355 e. The van der Waals surface area contributed by atoms with Crippen LogP contribution in [-0.4, -0.2) is 149 Å². The average Bonchev–Trinajstić information content (AvgIpc) is 3.29. The molecular weight excluding hydrogens is 835 g/mol. The highest BCUT2D eigenvalue weighted by atomic mass is 16.2. The number of hydrogen-bond donors (Lipinski definition) is 14. The van der Waals surface area contributed by atoms with Gasteiger partial charge in [-0.3, -0.25) is 28.8 Å². The van der Waals surface area contributed by atoms with Crippen LogP contribution in [0.5, 0.6) is 0 Å². The molecule has 380 valence electrons. The van der Waals surface area contributed by atoms with Crippen molar-refractivity contribution in [2.24, 2.45) is 45.9 Å². The molecule has 0 aromatic heterocycles. The fraction of sp³-hybridized carbons (Fsp3) is 0.864. The van der Waals surface area contributed by atoms with E-state index in [0.717, 1.165) is 58.2 Å². The smallest absolute Gasteiger partial charge is 0.236 e. The van der Waals surface area contributed by atoms with E-state index in [2.05, 4.69) is 43.7 Å². The van der Waals surface area contributed by atoms with Crippen LogP contribution >= 0.6 is 0 Å². The molecular formula is C44H93N15O6.